The van der Waals surface area contributed by atoms with Crippen molar-refractivity contribution in [2.75, 3.05) is 5.73 Å². The number of nitrogens with one attached hydrogen (secondary N) is 1. The fourth-order valence-electron chi connectivity index (χ4n) is 1.47. The van der Waals surface area contributed by atoms with Crippen LogP contribution in [-0.4, -0.2) is 22.9 Å². The number of aromatic nitrogens is 2. The van der Waals surface area contributed by atoms with E-state index < -0.39 is 15.7 Å². The number of hydrogen-bond donors (Lipinski definition) is 3. The SMILES string of the molecule is Nc1nc(-c2cccc(S(=O)(=O)O)c2)c(Br)c(=O)[nH]1.[Na+]. The average Bonchev–Trinajstić information content (AvgIpc) is 2.33. The minimum Gasteiger partial charge on any atom is -0.369 e. The molecule has 2 rings (SSSR count). The van der Waals surface area contributed by atoms with Crippen LogP contribution in [0.15, 0.2) is 38.4 Å². The molecule has 0 fully saturated rings. The Balaban J connectivity index is 0.00000200. The zero-order valence-corrected chi connectivity index (χ0v) is 14.7. The number of halogens is 1. The molecule has 0 atom stereocenters. The molecule has 0 aliphatic rings. The van der Waals surface area contributed by atoms with Crippen molar-refractivity contribution in [1.29, 1.82) is 0 Å². The molecule has 0 unspecified atom stereocenters. The second kappa shape index (κ2) is 6.37. The van der Waals surface area contributed by atoms with E-state index in [2.05, 4.69) is 25.9 Å². The fourth-order valence-corrected chi connectivity index (χ4v) is 2.41. The molecule has 4 N–H and O–H groups in total. The summed E-state index contributed by atoms with van der Waals surface area (Å²) >= 11 is 3.05. The first-order chi connectivity index (χ1) is 8.79. The minimum atomic E-state index is -4.33. The Morgan fingerprint density at radius 3 is 2.60 bits per heavy atom. The maximum atomic E-state index is 11.5. The minimum absolute atomic E-state index is 0. The number of nitrogens with two attached hydrogens (primary N) is 1. The summed E-state index contributed by atoms with van der Waals surface area (Å²) in [5.41, 5.74) is 5.47. The molecule has 1 heterocycles. The van der Waals surface area contributed by atoms with E-state index in [1.54, 1.807) is 6.07 Å². The van der Waals surface area contributed by atoms with Crippen LogP contribution in [-0.2, 0) is 10.1 Å². The maximum absolute atomic E-state index is 11.5. The number of rotatable bonds is 2. The fraction of sp³-hybridized carbons (Fsp3) is 0. The third kappa shape index (κ3) is 3.68. The van der Waals surface area contributed by atoms with Gasteiger partial charge < -0.3 is 5.73 Å². The Kier molecular flexibility index (Phi) is 5.53. The molecular formula is C10H8BrN3NaO4S+. The van der Waals surface area contributed by atoms with Crippen LogP contribution >= 0.6 is 15.9 Å². The molecule has 0 radical (unpaired) electrons. The van der Waals surface area contributed by atoms with E-state index >= 15 is 0 Å². The third-order valence-electron chi connectivity index (χ3n) is 2.29. The summed E-state index contributed by atoms with van der Waals surface area (Å²) in [6.45, 7) is 0. The second-order valence-electron chi connectivity index (χ2n) is 3.62. The van der Waals surface area contributed by atoms with Gasteiger partial charge in [-0.2, -0.15) is 8.42 Å². The maximum Gasteiger partial charge on any atom is 1.00 e. The summed E-state index contributed by atoms with van der Waals surface area (Å²) in [6.07, 6.45) is 0. The predicted octanol–water partition coefficient (Wildman–Crippen LogP) is -1.97. The van der Waals surface area contributed by atoms with E-state index in [0.717, 1.165) is 0 Å². The molecule has 0 saturated heterocycles. The third-order valence-corrected chi connectivity index (χ3v) is 3.87. The van der Waals surface area contributed by atoms with Gasteiger partial charge in [-0.15, -0.1) is 0 Å². The number of anilines is 1. The summed E-state index contributed by atoms with van der Waals surface area (Å²) in [4.78, 5) is 17.4. The Morgan fingerprint density at radius 1 is 1.35 bits per heavy atom. The van der Waals surface area contributed by atoms with Crippen molar-refractivity contribution in [3.05, 3.63) is 39.1 Å². The second-order valence-corrected chi connectivity index (χ2v) is 5.83. The summed E-state index contributed by atoms with van der Waals surface area (Å²) in [7, 11) is -4.33. The molecule has 0 saturated carbocycles. The van der Waals surface area contributed by atoms with Crippen molar-refractivity contribution >= 4 is 32.0 Å². The van der Waals surface area contributed by atoms with Gasteiger partial charge >= 0.3 is 29.6 Å². The zero-order valence-electron chi connectivity index (χ0n) is 10.3. The number of nitrogen functional groups attached to an aromatic ring is 1. The van der Waals surface area contributed by atoms with Gasteiger partial charge in [0.2, 0.25) is 5.95 Å². The van der Waals surface area contributed by atoms with Gasteiger partial charge in [-0.1, -0.05) is 12.1 Å². The number of hydrogen-bond acceptors (Lipinski definition) is 5. The van der Waals surface area contributed by atoms with Gasteiger partial charge in [-0.25, -0.2) is 4.98 Å². The number of H-pyrrole nitrogens is 1. The monoisotopic (exact) mass is 368 g/mol. The summed E-state index contributed by atoms with van der Waals surface area (Å²) in [6, 6.07) is 5.38. The largest absolute Gasteiger partial charge is 1.00 e. The Labute approximate surface area is 144 Å². The molecule has 7 nitrogen and oxygen atoms in total. The zero-order chi connectivity index (χ0) is 14.2. The van der Waals surface area contributed by atoms with E-state index in [9.17, 15) is 13.2 Å². The number of aromatic amines is 1. The van der Waals surface area contributed by atoms with Crippen LogP contribution in [0.1, 0.15) is 0 Å². The molecule has 0 bridgehead atoms. The summed E-state index contributed by atoms with van der Waals surface area (Å²) < 4.78 is 31.2. The van der Waals surface area contributed by atoms with Crippen molar-refractivity contribution in [3.8, 4) is 11.3 Å². The molecule has 0 amide bonds. The van der Waals surface area contributed by atoms with Gasteiger partial charge in [-0.05, 0) is 28.1 Å². The first-order valence-electron chi connectivity index (χ1n) is 4.92. The molecule has 1 aromatic carbocycles. The Bertz CT molecular complexity index is 806. The molecule has 0 aliphatic heterocycles. The van der Waals surface area contributed by atoms with Gasteiger partial charge in [0.25, 0.3) is 15.7 Å². The summed E-state index contributed by atoms with van der Waals surface area (Å²) in [5, 5.41) is 0. The molecule has 1 aromatic heterocycles. The predicted molar refractivity (Wildman–Crippen MR) is 72.2 cm³/mol. The van der Waals surface area contributed by atoms with Crippen LogP contribution in [0.2, 0.25) is 0 Å². The van der Waals surface area contributed by atoms with Crippen LogP contribution < -0.4 is 40.9 Å². The van der Waals surface area contributed by atoms with Crippen LogP contribution in [0.5, 0.6) is 0 Å². The van der Waals surface area contributed by atoms with Crippen LogP contribution in [0.4, 0.5) is 5.95 Å². The molecule has 2 aromatic rings. The smallest absolute Gasteiger partial charge is 0.369 e. The van der Waals surface area contributed by atoms with Gasteiger partial charge in [0.15, 0.2) is 0 Å². The topological polar surface area (TPSA) is 126 Å². The molecule has 0 spiro atoms. The average molecular weight is 369 g/mol. The van der Waals surface area contributed by atoms with E-state index in [-0.39, 0.29) is 50.6 Å². The molecule has 100 valence electrons. The van der Waals surface area contributed by atoms with E-state index in [1.807, 2.05) is 0 Å². The van der Waals surface area contributed by atoms with Crippen LogP contribution in [0, 0.1) is 0 Å². The van der Waals surface area contributed by atoms with Gasteiger partial charge in [0.1, 0.15) is 4.47 Å². The van der Waals surface area contributed by atoms with E-state index in [1.165, 1.54) is 18.2 Å². The Hall–Kier alpha value is -0.710. The summed E-state index contributed by atoms with van der Waals surface area (Å²) in [5.74, 6) is -0.0968. The first-order valence-corrected chi connectivity index (χ1v) is 7.15. The van der Waals surface area contributed by atoms with Gasteiger partial charge in [0, 0.05) is 5.56 Å². The van der Waals surface area contributed by atoms with E-state index in [4.69, 9.17) is 10.3 Å². The van der Waals surface area contributed by atoms with Crippen LogP contribution in [0.25, 0.3) is 11.3 Å². The quantitative estimate of drug-likeness (QED) is 0.417. The Morgan fingerprint density at radius 2 is 2.00 bits per heavy atom. The first kappa shape index (κ1) is 17.3. The van der Waals surface area contributed by atoms with Crippen molar-refractivity contribution in [2.24, 2.45) is 0 Å². The molecular weight excluding hydrogens is 361 g/mol. The van der Waals surface area contributed by atoms with Gasteiger partial charge in [0.05, 0.1) is 10.6 Å². The number of benzene rings is 1. The normalized spacial score (nSPS) is 10.9. The van der Waals surface area contributed by atoms with E-state index in [0.29, 0.717) is 5.56 Å². The molecule has 0 aliphatic carbocycles. The number of nitrogens with zero attached hydrogens (tertiary/aromatic N) is 1. The van der Waals surface area contributed by atoms with Crippen molar-refractivity contribution in [1.82, 2.24) is 9.97 Å². The van der Waals surface area contributed by atoms with Crippen molar-refractivity contribution in [3.63, 3.8) is 0 Å². The molecule has 20 heavy (non-hydrogen) atoms. The van der Waals surface area contributed by atoms with Gasteiger partial charge in [-0.3, -0.25) is 14.3 Å². The standard InChI is InChI=1S/C10H8BrN3O4S.Na/c11-7-8(13-10(12)14-9(7)15)5-2-1-3-6(4-5)19(16,17)18;/h1-4H,(H,16,17,18)(H3,12,13,14,15);/q;+1. The van der Waals surface area contributed by atoms with Crippen molar-refractivity contribution < 1.29 is 42.5 Å². The van der Waals surface area contributed by atoms with Crippen molar-refractivity contribution in [2.45, 2.75) is 4.90 Å². The molecule has 10 heteroatoms. The van der Waals surface area contributed by atoms with Crippen LogP contribution in [0.3, 0.4) is 0 Å².